The molecule has 0 aliphatic rings. The van der Waals surface area contributed by atoms with Gasteiger partial charge in [-0.1, -0.05) is 25.5 Å². The summed E-state index contributed by atoms with van der Waals surface area (Å²) in [5, 5.41) is 0. The number of unbranched alkanes of at least 4 members (excludes halogenated alkanes) is 1. The molecule has 0 radical (unpaired) electrons. The Morgan fingerprint density at radius 1 is 1.06 bits per heavy atom. The zero-order chi connectivity index (χ0) is 12.4. The van der Waals surface area contributed by atoms with Gasteiger partial charge in [0.25, 0.3) is 0 Å². The van der Waals surface area contributed by atoms with Gasteiger partial charge in [-0.25, -0.2) is 0 Å². The average Bonchev–Trinajstić information content (AvgIpc) is 2.25. The monoisotopic (exact) mass is 228 g/mol. The van der Waals surface area contributed by atoms with Crippen LogP contribution in [-0.4, -0.2) is 25.2 Å². The van der Waals surface area contributed by atoms with Crippen molar-refractivity contribution < 1.29 is 19.1 Å². The predicted molar refractivity (Wildman–Crippen MR) is 60.8 cm³/mol. The largest absolute Gasteiger partial charge is 0.465 e. The third-order valence-corrected chi connectivity index (χ3v) is 1.86. The molecule has 16 heavy (non-hydrogen) atoms. The molecule has 0 unspecified atom stereocenters. The number of carbonyl (C=O) groups excluding carboxylic acids is 2. The Kier molecular flexibility index (Phi) is 8.21. The van der Waals surface area contributed by atoms with Gasteiger partial charge in [-0.15, -0.1) is 0 Å². The summed E-state index contributed by atoms with van der Waals surface area (Å²) in [5.41, 5.74) is 0. The van der Waals surface area contributed by atoms with E-state index in [9.17, 15) is 9.59 Å². The van der Waals surface area contributed by atoms with Crippen molar-refractivity contribution in [2.75, 3.05) is 13.2 Å². The lowest BCUT2D eigenvalue weighted by atomic mass is 10.1. The van der Waals surface area contributed by atoms with Crippen molar-refractivity contribution in [1.82, 2.24) is 0 Å². The molecule has 0 N–H and O–H groups in total. The lowest BCUT2D eigenvalue weighted by Crippen LogP contribution is -2.26. The second-order valence-electron chi connectivity index (χ2n) is 3.20. The van der Waals surface area contributed by atoms with E-state index in [1.807, 2.05) is 6.92 Å². The first kappa shape index (κ1) is 14.7. The van der Waals surface area contributed by atoms with Crippen LogP contribution in [0.3, 0.4) is 0 Å². The Morgan fingerprint density at radius 2 is 1.56 bits per heavy atom. The highest BCUT2D eigenvalue weighted by Gasteiger charge is 2.26. The minimum Gasteiger partial charge on any atom is -0.465 e. The Morgan fingerprint density at radius 3 is 1.94 bits per heavy atom. The van der Waals surface area contributed by atoms with Crippen LogP contribution in [0.1, 0.15) is 33.6 Å². The predicted octanol–water partition coefficient (Wildman–Crippen LogP) is 2.09. The van der Waals surface area contributed by atoms with Crippen molar-refractivity contribution in [3.63, 3.8) is 0 Å². The van der Waals surface area contributed by atoms with Crippen molar-refractivity contribution in [3.8, 4) is 0 Å². The number of carbonyl (C=O) groups is 2. The first-order valence-electron chi connectivity index (χ1n) is 5.67. The third kappa shape index (κ3) is 5.53. The summed E-state index contributed by atoms with van der Waals surface area (Å²) in [5.74, 6) is -2.02. The van der Waals surface area contributed by atoms with Gasteiger partial charge in [-0.05, 0) is 20.3 Å². The average molecular weight is 228 g/mol. The summed E-state index contributed by atoms with van der Waals surface area (Å²) in [6.45, 7) is 5.95. The molecule has 0 fully saturated rings. The second-order valence-corrected chi connectivity index (χ2v) is 3.20. The second kappa shape index (κ2) is 8.95. The van der Waals surface area contributed by atoms with E-state index in [1.54, 1.807) is 26.0 Å². The molecule has 4 heteroatoms. The number of hydrogen-bond acceptors (Lipinski definition) is 4. The van der Waals surface area contributed by atoms with E-state index in [1.165, 1.54) is 0 Å². The molecule has 0 amide bonds. The summed E-state index contributed by atoms with van der Waals surface area (Å²) >= 11 is 0. The van der Waals surface area contributed by atoms with E-state index in [0.29, 0.717) is 0 Å². The van der Waals surface area contributed by atoms with Crippen molar-refractivity contribution in [2.45, 2.75) is 33.6 Å². The highest BCUT2D eigenvalue weighted by Crippen LogP contribution is 2.07. The standard InChI is InChI=1S/C12H20O4/c1-4-7-8-9-10(11(13)15-5-2)12(14)16-6-3/h8-10H,4-7H2,1-3H3/b9-8+. The van der Waals surface area contributed by atoms with Gasteiger partial charge in [0.15, 0.2) is 5.92 Å². The molecule has 0 saturated carbocycles. The highest BCUT2D eigenvalue weighted by atomic mass is 16.6. The molecular weight excluding hydrogens is 208 g/mol. The van der Waals surface area contributed by atoms with Gasteiger partial charge < -0.3 is 9.47 Å². The summed E-state index contributed by atoms with van der Waals surface area (Å²) in [6.07, 6.45) is 5.15. The van der Waals surface area contributed by atoms with Gasteiger partial charge in [0.05, 0.1) is 13.2 Å². The molecule has 0 spiro atoms. The summed E-state index contributed by atoms with van der Waals surface area (Å²) in [6, 6.07) is 0. The maximum atomic E-state index is 11.5. The number of ether oxygens (including phenoxy) is 2. The zero-order valence-electron chi connectivity index (χ0n) is 10.2. The van der Waals surface area contributed by atoms with Crippen LogP contribution in [0.25, 0.3) is 0 Å². The number of rotatable bonds is 7. The molecular formula is C12H20O4. The summed E-state index contributed by atoms with van der Waals surface area (Å²) < 4.78 is 9.62. The molecule has 0 rings (SSSR count). The maximum absolute atomic E-state index is 11.5. The van der Waals surface area contributed by atoms with E-state index >= 15 is 0 Å². The van der Waals surface area contributed by atoms with Gasteiger partial charge in [0.1, 0.15) is 0 Å². The smallest absolute Gasteiger partial charge is 0.324 e. The van der Waals surface area contributed by atoms with Crippen molar-refractivity contribution in [2.24, 2.45) is 5.92 Å². The Labute approximate surface area is 96.6 Å². The van der Waals surface area contributed by atoms with E-state index in [0.717, 1.165) is 12.8 Å². The van der Waals surface area contributed by atoms with Crippen LogP contribution in [0.2, 0.25) is 0 Å². The Balaban J connectivity index is 4.49. The summed E-state index contributed by atoms with van der Waals surface area (Å²) in [7, 11) is 0. The number of hydrogen-bond donors (Lipinski definition) is 0. The minimum absolute atomic E-state index is 0.260. The molecule has 0 aliphatic heterocycles. The Hall–Kier alpha value is -1.32. The topological polar surface area (TPSA) is 52.6 Å². The normalized spacial score (nSPS) is 10.8. The zero-order valence-corrected chi connectivity index (χ0v) is 10.2. The van der Waals surface area contributed by atoms with Crippen molar-refractivity contribution >= 4 is 11.9 Å². The fraction of sp³-hybridized carbons (Fsp3) is 0.667. The van der Waals surface area contributed by atoms with Gasteiger partial charge >= 0.3 is 11.9 Å². The first-order chi connectivity index (χ1) is 7.67. The maximum Gasteiger partial charge on any atom is 0.324 e. The van der Waals surface area contributed by atoms with Crippen LogP contribution >= 0.6 is 0 Å². The van der Waals surface area contributed by atoms with Crippen LogP contribution in [-0.2, 0) is 19.1 Å². The van der Waals surface area contributed by atoms with E-state index < -0.39 is 17.9 Å². The molecule has 0 aliphatic carbocycles. The van der Waals surface area contributed by atoms with E-state index in [2.05, 4.69) is 0 Å². The van der Waals surface area contributed by atoms with E-state index in [-0.39, 0.29) is 13.2 Å². The molecule has 0 atom stereocenters. The van der Waals surface area contributed by atoms with Gasteiger partial charge in [0.2, 0.25) is 0 Å². The van der Waals surface area contributed by atoms with Crippen molar-refractivity contribution in [1.29, 1.82) is 0 Å². The van der Waals surface area contributed by atoms with Crippen LogP contribution < -0.4 is 0 Å². The molecule has 0 saturated heterocycles. The molecule has 0 aromatic carbocycles. The van der Waals surface area contributed by atoms with Gasteiger partial charge in [0, 0.05) is 0 Å². The fourth-order valence-electron chi connectivity index (χ4n) is 1.12. The van der Waals surface area contributed by atoms with Crippen LogP contribution in [0.5, 0.6) is 0 Å². The van der Waals surface area contributed by atoms with Gasteiger partial charge in [-0.3, -0.25) is 9.59 Å². The molecule has 0 aromatic heterocycles. The molecule has 0 bridgehead atoms. The fourth-order valence-corrected chi connectivity index (χ4v) is 1.12. The molecule has 4 nitrogen and oxygen atoms in total. The van der Waals surface area contributed by atoms with Crippen LogP contribution in [0.15, 0.2) is 12.2 Å². The Bertz CT molecular complexity index is 227. The number of esters is 2. The van der Waals surface area contributed by atoms with Crippen LogP contribution in [0, 0.1) is 5.92 Å². The molecule has 92 valence electrons. The quantitative estimate of drug-likeness (QED) is 0.380. The lowest BCUT2D eigenvalue weighted by molar-refractivity contribution is -0.158. The van der Waals surface area contributed by atoms with Gasteiger partial charge in [-0.2, -0.15) is 0 Å². The summed E-state index contributed by atoms with van der Waals surface area (Å²) in [4.78, 5) is 23.0. The first-order valence-corrected chi connectivity index (χ1v) is 5.67. The highest BCUT2D eigenvalue weighted by molar-refractivity contribution is 5.96. The lowest BCUT2D eigenvalue weighted by Gasteiger charge is -2.10. The van der Waals surface area contributed by atoms with Crippen LogP contribution in [0.4, 0.5) is 0 Å². The molecule has 0 heterocycles. The minimum atomic E-state index is -0.925. The third-order valence-electron chi connectivity index (χ3n) is 1.86. The van der Waals surface area contributed by atoms with Crippen molar-refractivity contribution in [3.05, 3.63) is 12.2 Å². The SMILES string of the molecule is CCC/C=C/C(C(=O)OCC)C(=O)OCC. The number of allylic oxidation sites excluding steroid dienone is 1. The molecule has 0 aromatic rings. The van der Waals surface area contributed by atoms with E-state index in [4.69, 9.17) is 9.47 Å².